The topological polar surface area (TPSA) is 97.0 Å². The molecule has 0 aromatic heterocycles. The van der Waals surface area contributed by atoms with Crippen molar-refractivity contribution < 1.29 is 44.6 Å². The van der Waals surface area contributed by atoms with Crippen LogP contribution in [0.2, 0.25) is 0 Å². The molecule has 1 heterocycles. The molecule has 2 aromatic carbocycles. The molecule has 0 spiro atoms. The van der Waals surface area contributed by atoms with Crippen LogP contribution < -0.4 is 19.7 Å². The van der Waals surface area contributed by atoms with Crippen molar-refractivity contribution in [3.05, 3.63) is 48.3 Å². The predicted octanol–water partition coefficient (Wildman–Crippen LogP) is 4.62. The predicted molar refractivity (Wildman–Crippen MR) is 128 cm³/mol. The number of benzene rings is 2. The van der Waals surface area contributed by atoms with Crippen LogP contribution in [0, 0.1) is 11.7 Å². The summed E-state index contributed by atoms with van der Waals surface area (Å²) >= 11 is 0. The van der Waals surface area contributed by atoms with Crippen molar-refractivity contribution in [3.63, 3.8) is 0 Å². The van der Waals surface area contributed by atoms with Crippen molar-refractivity contribution in [2.45, 2.75) is 49.2 Å². The lowest BCUT2D eigenvalue weighted by Gasteiger charge is -2.36. The average Bonchev–Trinajstić information content (AvgIpc) is 3.52. The molecule has 1 saturated carbocycles. The number of anilines is 2. The van der Waals surface area contributed by atoms with Gasteiger partial charge in [0.15, 0.2) is 0 Å². The van der Waals surface area contributed by atoms with Gasteiger partial charge in [-0.05, 0) is 62.7 Å². The van der Waals surface area contributed by atoms with E-state index in [-0.39, 0.29) is 41.0 Å². The molecule has 0 radical (unpaired) electrons. The molecule has 2 N–H and O–H groups in total. The highest BCUT2D eigenvalue weighted by atomic mass is 32.2. The molecule has 1 aliphatic carbocycles. The van der Waals surface area contributed by atoms with Crippen LogP contribution in [-0.4, -0.2) is 58.2 Å². The first-order valence-electron chi connectivity index (χ1n) is 11.7. The normalized spacial score (nSPS) is 21.3. The van der Waals surface area contributed by atoms with E-state index in [1.54, 1.807) is 0 Å². The number of carbonyl (C=O) groups is 1. The molecule has 14 heteroatoms. The second-order valence-corrected chi connectivity index (χ2v) is 11.5. The van der Waals surface area contributed by atoms with Crippen LogP contribution >= 0.6 is 0 Å². The van der Waals surface area contributed by atoms with Crippen LogP contribution in [0.3, 0.4) is 0 Å². The van der Waals surface area contributed by atoms with Crippen molar-refractivity contribution >= 4 is 27.5 Å². The Balaban J connectivity index is 1.59. The van der Waals surface area contributed by atoms with Gasteiger partial charge in [0.1, 0.15) is 23.8 Å². The Hall–Kier alpha value is -3.13. The molecular weight excluding hydrogens is 537 g/mol. The molecule has 0 bridgehead atoms. The first kappa shape index (κ1) is 27.9. The fourth-order valence-corrected chi connectivity index (χ4v) is 5.24. The number of hydrogen-bond acceptors (Lipinski definition) is 6. The number of fused-ring (bicyclic) bond motifs is 1. The van der Waals surface area contributed by atoms with Gasteiger partial charge >= 0.3 is 12.3 Å². The number of halogens is 5. The Morgan fingerprint density at radius 1 is 1.13 bits per heavy atom. The van der Waals surface area contributed by atoms with Crippen molar-refractivity contribution in [3.8, 4) is 5.75 Å². The van der Waals surface area contributed by atoms with E-state index in [1.807, 2.05) is 0 Å². The summed E-state index contributed by atoms with van der Waals surface area (Å²) in [6.07, 6.45) is -7.28. The summed E-state index contributed by atoms with van der Waals surface area (Å²) < 4.78 is 104. The number of alkyl halides is 4. The first-order chi connectivity index (χ1) is 17.7. The summed E-state index contributed by atoms with van der Waals surface area (Å²) in [4.78, 5) is 12.0. The minimum atomic E-state index is -4.82. The number of sulfonamides is 1. The van der Waals surface area contributed by atoms with Gasteiger partial charge in [-0.1, -0.05) is 0 Å². The van der Waals surface area contributed by atoms with Gasteiger partial charge in [0.05, 0.1) is 17.1 Å². The molecule has 0 saturated heterocycles. The van der Waals surface area contributed by atoms with Crippen molar-refractivity contribution in [2.75, 3.05) is 29.3 Å². The maximum Gasteiger partial charge on any atom is 0.427 e. The molecule has 1 amide bonds. The van der Waals surface area contributed by atoms with Crippen molar-refractivity contribution in [2.24, 2.45) is 5.92 Å². The zero-order valence-electron chi connectivity index (χ0n) is 20.4. The highest BCUT2D eigenvalue weighted by molar-refractivity contribution is 7.92. The molecular formula is C24H26F5N3O5S. The lowest BCUT2D eigenvalue weighted by Crippen LogP contribution is -2.48. The van der Waals surface area contributed by atoms with Gasteiger partial charge in [-0.3, -0.25) is 9.62 Å². The quantitative estimate of drug-likeness (QED) is 0.455. The monoisotopic (exact) mass is 563 g/mol. The van der Waals surface area contributed by atoms with Gasteiger partial charge in [0.25, 0.3) is 10.0 Å². The van der Waals surface area contributed by atoms with Gasteiger partial charge in [-0.2, -0.15) is 13.2 Å². The highest BCUT2D eigenvalue weighted by Crippen LogP contribution is 2.40. The zero-order valence-corrected chi connectivity index (χ0v) is 21.2. The summed E-state index contributed by atoms with van der Waals surface area (Å²) in [5.41, 5.74) is -2.81. The van der Waals surface area contributed by atoms with Gasteiger partial charge < -0.3 is 14.8 Å². The third-order valence-electron chi connectivity index (χ3n) is 6.18. The second-order valence-electron chi connectivity index (χ2n) is 9.61. The minimum absolute atomic E-state index is 0.00414. The molecule has 2 aromatic rings. The molecule has 208 valence electrons. The van der Waals surface area contributed by atoms with Crippen LogP contribution in [-0.2, 0) is 14.8 Å². The van der Waals surface area contributed by atoms with E-state index in [9.17, 15) is 35.2 Å². The summed E-state index contributed by atoms with van der Waals surface area (Å²) in [6, 6.07) is 8.08. The van der Waals surface area contributed by atoms with E-state index in [1.165, 1.54) is 18.2 Å². The molecule has 1 aliphatic heterocycles. The number of carbonyl (C=O) groups excluding carboxylic acids is 1. The van der Waals surface area contributed by atoms with E-state index in [4.69, 9.17) is 4.74 Å². The Bertz CT molecular complexity index is 1290. The molecule has 2 aliphatic rings. The molecule has 4 rings (SSSR count). The van der Waals surface area contributed by atoms with E-state index in [0.717, 1.165) is 28.6 Å². The van der Waals surface area contributed by atoms with E-state index < -0.39 is 46.0 Å². The summed E-state index contributed by atoms with van der Waals surface area (Å²) in [7, 11) is -4.25. The highest BCUT2D eigenvalue weighted by Gasteiger charge is 2.51. The zero-order chi connectivity index (χ0) is 27.9. The van der Waals surface area contributed by atoms with Crippen molar-refractivity contribution in [1.82, 2.24) is 5.32 Å². The fraction of sp³-hybridized carbons (Fsp3) is 0.458. The smallest absolute Gasteiger partial charge is 0.427 e. The maximum atomic E-state index is 13.5. The Morgan fingerprint density at radius 2 is 1.79 bits per heavy atom. The lowest BCUT2D eigenvalue weighted by atomic mass is 10.1. The lowest BCUT2D eigenvalue weighted by molar-refractivity contribution is -0.242. The standard InChI is InChI=1S/C24H26F5N3O5S/c1-23(2,24(27,28)29)37-22(33)31-16-5-8-21-20(10-16)32(38(34,35)18-6-3-15(25)4-7-18)13-17(36-21)12-30-11-14-9-19(14)26/h3-8,10,14,17,19,30H,9,11-13H2,1-2H3,(H,31,33)/t14?,17-,19-/m0/s1. The second kappa shape index (κ2) is 10.2. The van der Waals surface area contributed by atoms with E-state index in [2.05, 4.69) is 15.4 Å². The Kier molecular flexibility index (Phi) is 7.49. The minimum Gasteiger partial charge on any atom is -0.485 e. The number of amides is 1. The molecule has 3 atom stereocenters. The van der Waals surface area contributed by atoms with Crippen LogP contribution in [0.5, 0.6) is 5.75 Å². The summed E-state index contributed by atoms with van der Waals surface area (Å²) in [5.74, 6) is -0.606. The van der Waals surface area contributed by atoms with Crippen molar-refractivity contribution in [1.29, 1.82) is 0 Å². The van der Waals surface area contributed by atoms with Gasteiger partial charge in [-0.15, -0.1) is 0 Å². The number of hydrogen-bond donors (Lipinski definition) is 2. The average molecular weight is 564 g/mol. The first-order valence-corrected chi connectivity index (χ1v) is 13.1. The maximum absolute atomic E-state index is 13.5. The number of nitrogens with zero attached hydrogens (tertiary/aromatic N) is 1. The number of ether oxygens (including phenoxy) is 2. The van der Waals surface area contributed by atoms with E-state index >= 15 is 0 Å². The molecule has 1 fully saturated rings. The van der Waals surface area contributed by atoms with Crippen LogP contribution in [0.25, 0.3) is 0 Å². The third-order valence-corrected chi connectivity index (χ3v) is 7.98. The van der Waals surface area contributed by atoms with E-state index in [0.29, 0.717) is 26.8 Å². The SMILES string of the molecule is CC(C)(OC(=O)Nc1ccc2c(c1)N(S(=O)(=O)c1ccc(F)cc1)C[C@H](CNCC1C[C@@H]1F)O2)C(F)(F)F. The van der Waals surface area contributed by atoms with Crippen LogP contribution in [0.1, 0.15) is 20.3 Å². The Morgan fingerprint density at radius 3 is 2.39 bits per heavy atom. The third kappa shape index (κ3) is 6.12. The molecule has 38 heavy (non-hydrogen) atoms. The van der Waals surface area contributed by atoms with Crippen LogP contribution in [0.4, 0.5) is 38.1 Å². The largest absolute Gasteiger partial charge is 0.485 e. The Labute approximate surface area is 216 Å². The van der Waals surface area contributed by atoms with Gasteiger partial charge in [0, 0.05) is 24.7 Å². The molecule has 8 nitrogen and oxygen atoms in total. The van der Waals surface area contributed by atoms with Crippen LogP contribution in [0.15, 0.2) is 47.4 Å². The van der Waals surface area contributed by atoms with Gasteiger partial charge in [-0.25, -0.2) is 22.0 Å². The molecule has 1 unspecified atom stereocenters. The fourth-order valence-electron chi connectivity index (χ4n) is 3.74. The van der Waals surface area contributed by atoms with Gasteiger partial charge in [0.2, 0.25) is 5.60 Å². The summed E-state index contributed by atoms with van der Waals surface area (Å²) in [5, 5.41) is 5.24. The number of nitrogens with one attached hydrogen (secondary N) is 2. The summed E-state index contributed by atoms with van der Waals surface area (Å²) in [6.45, 7) is 1.80. The number of rotatable bonds is 8.